The van der Waals surface area contributed by atoms with Gasteiger partial charge in [-0.25, -0.2) is 8.42 Å². The lowest BCUT2D eigenvalue weighted by molar-refractivity contribution is 0.483. The Balaban J connectivity index is 3.29. The van der Waals surface area contributed by atoms with Gasteiger partial charge in [-0.2, -0.15) is 8.42 Å². The van der Waals surface area contributed by atoms with Crippen LogP contribution in [0, 0.1) is 0 Å². The standard InChI is InChI=1S/C9H12O5S2/c1-2-6-15(10,11)8-4-3-5-9(7-8)16(12,13)14/h3-5,7H,2,6H2,1H3,(H,12,13,14). The first-order chi connectivity index (χ1) is 7.27. The summed E-state index contributed by atoms with van der Waals surface area (Å²) >= 11 is 0. The molecule has 7 heteroatoms. The second kappa shape index (κ2) is 4.52. The van der Waals surface area contributed by atoms with Crippen molar-refractivity contribution >= 4 is 20.0 Å². The van der Waals surface area contributed by atoms with Gasteiger partial charge in [-0.15, -0.1) is 0 Å². The molecule has 16 heavy (non-hydrogen) atoms. The zero-order valence-electron chi connectivity index (χ0n) is 8.62. The van der Waals surface area contributed by atoms with Crippen molar-refractivity contribution < 1.29 is 21.4 Å². The largest absolute Gasteiger partial charge is 0.294 e. The van der Waals surface area contributed by atoms with E-state index in [1.807, 2.05) is 0 Å². The SMILES string of the molecule is CCCS(=O)(=O)c1cccc(S(=O)(=O)O)c1. The average Bonchev–Trinajstić information content (AvgIpc) is 2.16. The topological polar surface area (TPSA) is 88.5 Å². The minimum atomic E-state index is -4.36. The Morgan fingerprint density at radius 1 is 1.12 bits per heavy atom. The Bertz CT molecular complexity index is 572. The van der Waals surface area contributed by atoms with E-state index in [1.54, 1.807) is 6.92 Å². The summed E-state index contributed by atoms with van der Waals surface area (Å²) in [6.07, 6.45) is 0.443. The maximum Gasteiger partial charge on any atom is 0.294 e. The van der Waals surface area contributed by atoms with Crippen molar-refractivity contribution in [2.45, 2.75) is 23.1 Å². The minimum Gasteiger partial charge on any atom is -0.282 e. The van der Waals surface area contributed by atoms with Crippen molar-refractivity contribution in [3.63, 3.8) is 0 Å². The van der Waals surface area contributed by atoms with Gasteiger partial charge < -0.3 is 0 Å². The second-order valence-electron chi connectivity index (χ2n) is 3.27. The molecule has 90 valence electrons. The van der Waals surface area contributed by atoms with Crippen molar-refractivity contribution in [2.24, 2.45) is 0 Å². The van der Waals surface area contributed by atoms with Crippen LogP contribution in [0.5, 0.6) is 0 Å². The van der Waals surface area contributed by atoms with Crippen LogP contribution in [0.2, 0.25) is 0 Å². The Morgan fingerprint density at radius 3 is 2.19 bits per heavy atom. The van der Waals surface area contributed by atoms with E-state index >= 15 is 0 Å². The molecule has 0 bridgehead atoms. The monoisotopic (exact) mass is 264 g/mol. The molecule has 0 fully saturated rings. The van der Waals surface area contributed by atoms with Crippen LogP contribution in [-0.4, -0.2) is 27.1 Å². The fourth-order valence-electron chi connectivity index (χ4n) is 1.21. The summed E-state index contributed by atoms with van der Waals surface area (Å²) in [5.74, 6) is -0.0536. The summed E-state index contributed by atoms with van der Waals surface area (Å²) in [5.41, 5.74) is 0. The normalized spacial score (nSPS) is 12.6. The third-order valence-corrected chi connectivity index (χ3v) is 4.70. The number of rotatable bonds is 4. The van der Waals surface area contributed by atoms with Crippen LogP contribution >= 0.6 is 0 Å². The van der Waals surface area contributed by atoms with Crippen molar-refractivity contribution in [1.29, 1.82) is 0 Å². The zero-order valence-corrected chi connectivity index (χ0v) is 10.3. The molecule has 0 spiro atoms. The Kier molecular flexibility index (Phi) is 3.72. The molecule has 1 aromatic carbocycles. The molecule has 0 amide bonds. The summed E-state index contributed by atoms with van der Waals surface area (Å²) in [5, 5.41) is 0. The molecule has 0 aliphatic heterocycles. The molecule has 1 rings (SSSR count). The van der Waals surface area contributed by atoms with Gasteiger partial charge in [0, 0.05) is 0 Å². The van der Waals surface area contributed by atoms with E-state index in [1.165, 1.54) is 12.1 Å². The maximum atomic E-state index is 11.6. The highest BCUT2D eigenvalue weighted by atomic mass is 32.2. The lowest BCUT2D eigenvalue weighted by Gasteiger charge is -2.03. The molecule has 0 aliphatic carbocycles. The smallest absolute Gasteiger partial charge is 0.282 e. The lowest BCUT2D eigenvalue weighted by atomic mass is 10.4. The van der Waals surface area contributed by atoms with Crippen LogP contribution in [0.4, 0.5) is 0 Å². The summed E-state index contributed by atoms with van der Waals surface area (Å²) in [7, 11) is -7.83. The molecule has 1 aromatic rings. The van der Waals surface area contributed by atoms with Gasteiger partial charge in [0.25, 0.3) is 10.1 Å². The first kappa shape index (κ1) is 13.1. The van der Waals surface area contributed by atoms with Gasteiger partial charge in [0.15, 0.2) is 9.84 Å². The molecule has 0 heterocycles. The van der Waals surface area contributed by atoms with Crippen LogP contribution in [0.15, 0.2) is 34.1 Å². The van der Waals surface area contributed by atoms with Crippen LogP contribution in [0.25, 0.3) is 0 Å². The van der Waals surface area contributed by atoms with Gasteiger partial charge in [-0.05, 0) is 24.6 Å². The van der Waals surface area contributed by atoms with E-state index in [-0.39, 0.29) is 10.6 Å². The molecule has 0 aromatic heterocycles. The third-order valence-electron chi connectivity index (χ3n) is 1.94. The molecular weight excluding hydrogens is 252 g/mol. The molecule has 5 nitrogen and oxygen atoms in total. The van der Waals surface area contributed by atoms with E-state index in [4.69, 9.17) is 4.55 Å². The summed E-state index contributed by atoms with van der Waals surface area (Å²) < 4.78 is 53.7. The lowest BCUT2D eigenvalue weighted by Crippen LogP contribution is -2.07. The third kappa shape index (κ3) is 3.03. The molecule has 0 atom stereocenters. The van der Waals surface area contributed by atoms with E-state index in [0.29, 0.717) is 6.42 Å². The number of hydrogen-bond donors (Lipinski definition) is 1. The first-order valence-corrected chi connectivity index (χ1v) is 7.67. The summed E-state index contributed by atoms with van der Waals surface area (Å²) in [6, 6.07) is 4.69. The van der Waals surface area contributed by atoms with Crippen molar-refractivity contribution in [3.8, 4) is 0 Å². The molecule has 0 saturated heterocycles. The highest BCUT2D eigenvalue weighted by molar-refractivity contribution is 7.91. The van der Waals surface area contributed by atoms with E-state index in [9.17, 15) is 16.8 Å². The van der Waals surface area contributed by atoms with Gasteiger partial charge >= 0.3 is 0 Å². The maximum absolute atomic E-state index is 11.6. The average molecular weight is 264 g/mol. The first-order valence-electron chi connectivity index (χ1n) is 4.57. The predicted octanol–water partition coefficient (Wildman–Crippen LogP) is 1.12. The molecule has 0 saturated carbocycles. The quantitative estimate of drug-likeness (QED) is 0.823. The van der Waals surface area contributed by atoms with Gasteiger partial charge in [-0.1, -0.05) is 13.0 Å². The van der Waals surface area contributed by atoms with E-state index in [2.05, 4.69) is 0 Å². The fourth-order valence-corrected chi connectivity index (χ4v) is 3.18. The number of sulfone groups is 1. The van der Waals surface area contributed by atoms with Gasteiger partial charge in [0.1, 0.15) is 0 Å². The van der Waals surface area contributed by atoms with Crippen LogP contribution in [-0.2, 0) is 20.0 Å². The van der Waals surface area contributed by atoms with Crippen LogP contribution < -0.4 is 0 Å². The van der Waals surface area contributed by atoms with Crippen molar-refractivity contribution in [3.05, 3.63) is 24.3 Å². The van der Waals surface area contributed by atoms with Crippen LogP contribution in [0.1, 0.15) is 13.3 Å². The second-order valence-corrected chi connectivity index (χ2v) is 6.80. The fraction of sp³-hybridized carbons (Fsp3) is 0.333. The highest BCUT2D eigenvalue weighted by Crippen LogP contribution is 2.17. The Labute approximate surface area is 94.8 Å². The predicted molar refractivity (Wildman–Crippen MR) is 58.6 cm³/mol. The van der Waals surface area contributed by atoms with Crippen molar-refractivity contribution in [2.75, 3.05) is 5.75 Å². The molecule has 0 radical (unpaired) electrons. The number of hydrogen-bond acceptors (Lipinski definition) is 4. The molecule has 0 aliphatic rings. The Morgan fingerprint density at radius 2 is 1.69 bits per heavy atom. The Hall–Kier alpha value is -0.920. The molecular formula is C9H12O5S2. The number of benzene rings is 1. The molecule has 0 unspecified atom stereocenters. The van der Waals surface area contributed by atoms with E-state index < -0.39 is 24.9 Å². The van der Waals surface area contributed by atoms with Crippen molar-refractivity contribution in [1.82, 2.24) is 0 Å². The summed E-state index contributed by atoms with van der Waals surface area (Å²) in [4.78, 5) is -0.505. The molecule has 1 N–H and O–H groups in total. The summed E-state index contributed by atoms with van der Waals surface area (Å²) in [6.45, 7) is 1.71. The van der Waals surface area contributed by atoms with Gasteiger partial charge in [-0.3, -0.25) is 4.55 Å². The van der Waals surface area contributed by atoms with E-state index in [0.717, 1.165) is 12.1 Å². The minimum absolute atomic E-state index is 0.0536. The van der Waals surface area contributed by atoms with Crippen LogP contribution in [0.3, 0.4) is 0 Å². The zero-order chi connectivity index (χ0) is 12.4. The highest BCUT2D eigenvalue weighted by Gasteiger charge is 2.17. The van der Waals surface area contributed by atoms with Gasteiger partial charge in [0.2, 0.25) is 0 Å². The van der Waals surface area contributed by atoms with Gasteiger partial charge in [0.05, 0.1) is 15.5 Å².